The maximum Gasteiger partial charge on any atom is 0.141 e. The minimum Gasteiger partial charge on any atom is -0.290 e. The predicted octanol–water partition coefficient (Wildman–Crippen LogP) is 0.971. The van der Waals surface area contributed by atoms with E-state index in [1.165, 1.54) is 0 Å². The molecule has 2 aromatic rings. The van der Waals surface area contributed by atoms with Crippen LogP contribution in [0.15, 0.2) is 31.1 Å². The van der Waals surface area contributed by atoms with Gasteiger partial charge < -0.3 is 0 Å². The van der Waals surface area contributed by atoms with Gasteiger partial charge in [0.05, 0.1) is 0 Å². The van der Waals surface area contributed by atoms with Crippen LogP contribution >= 0.6 is 0 Å². The molecule has 0 aliphatic carbocycles. The van der Waals surface area contributed by atoms with Gasteiger partial charge in [-0.1, -0.05) is 0 Å². The molecular formula is C8H8N4. The van der Waals surface area contributed by atoms with Crippen LogP contribution in [-0.2, 0) is 0 Å². The van der Waals surface area contributed by atoms with E-state index in [0.717, 1.165) is 11.5 Å². The van der Waals surface area contributed by atoms with E-state index in [2.05, 4.69) is 15.0 Å². The Morgan fingerprint density at radius 3 is 2.92 bits per heavy atom. The molecule has 4 heteroatoms. The van der Waals surface area contributed by atoms with Crippen LogP contribution < -0.4 is 0 Å². The highest BCUT2D eigenvalue weighted by atomic mass is 15.1. The molecule has 0 spiro atoms. The molecule has 4 nitrogen and oxygen atoms in total. The molecule has 0 aliphatic rings. The van der Waals surface area contributed by atoms with E-state index in [4.69, 9.17) is 0 Å². The average Bonchev–Trinajstić information content (AvgIpc) is 2.56. The molecule has 0 aliphatic heterocycles. The summed E-state index contributed by atoms with van der Waals surface area (Å²) >= 11 is 0. The quantitative estimate of drug-likeness (QED) is 0.624. The molecule has 0 unspecified atom stereocenters. The molecule has 0 bridgehead atoms. The Balaban J connectivity index is 2.48. The van der Waals surface area contributed by atoms with Crippen molar-refractivity contribution in [1.29, 1.82) is 0 Å². The molecule has 0 aromatic carbocycles. The van der Waals surface area contributed by atoms with Gasteiger partial charge in [-0.15, -0.1) is 0 Å². The molecule has 60 valence electrons. The van der Waals surface area contributed by atoms with Gasteiger partial charge in [0.15, 0.2) is 0 Å². The third kappa shape index (κ3) is 1.18. The van der Waals surface area contributed by atoms with Crippen LogP contribution in [0.1, 0.15) is 5.69 Å². The lowest BCUT2D eigenvalue weighted by molar-refractivity contribution is 0.956. The maximum atomic E-state index is 4.09. The fourth-order valence-electron chi connectivity index (χ4n) is 0.976. The molecule has 0 saturated heterocycles. The van der Waals surface area contributed by atoms with Crippen LogP contribution in [-0.4, -0.2) is 19.5 Å². The summed E-state index contributed by atoms with van der Waals surface area (Å²) in [5.41, 5.74) is 0.953. The molecule has 2 aromatic heterocycles. The van der Waals surface area contributed by atoms with Crippen LogP contribution in [0.2, 0.25) is 0 Å². The highest BCUT2D eigenvalue weighted by Gasteiger charge is 1.95. The SMILES string of the molecule is Cc1cc(-n2ccnc2)ncn1. The second-order valence-corrected chi connectivity index (χ2v) is 2.49. The van der Waals surface area contributed by atoms with Crippen molar-refractivity contribution in [3.8, 4) is 5.82 Å². The summed E-state index contributed by atoms with van der Waals surface area (Å²) in [5.74, 6) is 0.847. The lowest BCUT2D eigenvalue weighted by Crippen LogP contribution is -1.95. The Kier molecular flexibility index (Phi) is 1.59. The number of rotatable bonds is 1. The first-order valence-electron chi connectivity index (χ1n) is 3.63. The van der Waals surface area contributed by atoms with Gasteiger partial charge in [-0.3, -0.25) is 4.57 Å². The Bertz CT molecular complexity index is 366. The fourth-order valence-corrected chi connectivity index (χ4v) is 0.976. The highest BCUT2D eigenvalue weighted by molar-refractivity contribution is 5.22. The zero-order chi connectivity index (χ0) is 8.39. The van der Waals surface area contributed by atoms with Gasteiger partial charge in [0, 0.05) is 24.2 Å². The molecule has 2 rings (SSSR count). The van der Waals surface area contributed by atoms with Gasteiger partial charge in [-0.05, 0) is 6.92 Å². The number of hydrogen-bond donors (Lipinski definition) is 0. The Morgan fingerprint density at radius 1 is 1.33 bits per heavy atom. The Labute approximate surface area is 69.9 Å². The van der Waals surface area contributed by atoms with Gasteiger partial charge in [0.1, 0.15) is 18.5 Å². The van der Waals surface area contributed by atoms with Gasteiger partial charge in [-0.25, -0.2) is 15.0 Å². The van der Waals surface area contributed by atoms with Crippen molar-refractivity contribution in [3.63, 3.8) is 0 Å². The summed E-state index contributed by atoms with van der Waals surface area (Å²) in [6.45, 7) is 1.93. The van der Waals surface area contributed by atoms with E-state index in [0.29, 0.717) is 0 Å². The predicted molar refractivity (Wildman–Crippen MR) is 43.9 cm³/mol. The van der Waals surface area contributed by atoms with E-state index in [1.807, 2.05) is 23.8 Å². The van der Waals surface area contributed by atoms with Crippen LogP contribution in [0.5, 0.6) is 0 Å². The van der Waals surface area contributed by atoms with Crippen molar-refractivity contribution in [2.45, 2.75) is 6.92 Å². The van der Waals surface area contributed by atoms with Crippen LogP contribution in [0, 0.1) is 6.92 Å². The largest absolute Gasteiger partial charge is 0.290 e. The first-order valence-corrected chi connectivity index (χ1v) is 3.63. The molecule has 0 amide bonds. The minimum absolute atomic E-state index is 0.847. The molecular weight excluding hydrogens is 152 g/mol. The number of aromatic nitrogens is 4. The molecule has 0 fully saturated rings. The third-order valence-electron chi connectivity index (χ3n) is 1.56. The molecule has 0 N–H and O–H groups in total. The van der Waals surface area contributed by atoms with Crippen LogP contribution in [0.4, 0.5) is 0 Å². The number of imidazole rings is 1. The lowest BCUT2D eigenvalue weighted by atomic mass is 10.4. The molecule has 2 heterocycles. The number of hydrogen-bond acceptors (Lipinski definition) is 3. The van der Waals surface area contributed by atoms with E-state index in [-0.39, 0.29) is 0 Å². The van der Waals surface area contributed by atoms with Crippen molar-refractivity contribution < 1.29 is 0 Å². The van der Waals surface area contributed by atoms with E-state index < -0.39 is 0 Å². The van der Waals surface area contributed by atoms with Gasteiger partial charge in [0.2, 0.25) is 0 Å². The average molecular weight is 160 g/mol. The molecule has 12 heavy (non-hydrogen) atoms. The van der Waals surface area contributed by atoms with E-state index in [1.54, 1.807) is 18.9 Å². The number of aryl methyl sites for hydroxylation is 1. The lowest BCUT2D eigenvalue weighted by Gasteiger charge is -1.99. The first-order chi connectivity index (χ1) is 5.86. The van der Waals surface area contributed by atoms with Crippen molar-refractivity contribution in [1.82, 2.24) is 19.5 Å². The summed E-state index contributed by atoms with van der Waals surface area (Å²) in [6.07, 6.45) is 6.83. The maximum absolute atomic E-state index is 4.09. The molecule has 0 saturated carbocycles. The van der Waals surface area contributed by atoms with Gasteiger partial charge >= 0.3 is 0 Å². The zero-order valence-electron chi connectivity index (χ0n) is 6.68. The monoisotopic (exact) mass is 160 g/mol. The summed E-state index contributed by atoms with van der Waals surface area (Å²) < 4.78 is 1.84. The highest BCUT2D eigenvalue weighted by Crippen LogP contribution is 2.02. The normalized spacial score (nSPS) is 10.1. The van der Waals surface area contributed by atoms with Crippen molar-refractivity contribution in [3.05, 3.63) is 36.8 Å². The minimum atomic E-state index is 0.847. The Hall–Kier alpha value is -1.71. The van der Waals surface area contributed by atoms with E-state index >= 15 is 0 Å². The van der Waals surface area contributed by atoms with Crippen molar-refractivity contribution >= 4 is 0 Å². The Morgan fingerprint density at radius 2 is 2.25 bits per heavy atom. The summed E-state index contributed by atoms with van der Waals surface area (Å²) in [4.78, 5) is 12.0. The first kappa shape index (κ1) is 6.97. The smallest absolute Gasteiger partial charge is 0.141 e. The number of nitrogens with zero attached hydrogens (tertiary/aromatic N) is 4. The second kappa shape index (κ2) is 2.73. The summed E-state index contributed by atoms with van der Waals surface area (Å²) in [7, 11) is 0. The fraction of sp³-hybridized carbons (Fsp3) is 0.125. The third-order valence-corrected chi connectivity index (χ3v) is 1.56. The van der Waals surface area contributed by atoms with Gasteiger partial charge in [-0.2, -0.15) is 0 Å². The van der Waals surface area contributed by atoms with Crippen molar-refractivity contribution in [2.24, 2.45) is 0 Å². The van der Waals surface area contributed by atoms with Crippen LogP contribution in [0.3, 0.4) is 0 Å². The standard InChI is InChI=1S/C8H8N4/c1-7-4-8(11-5-10-7)12-3-2-9-6-12/h2-6H,1H3. The van der Waals surface area contributed by atoms with E-state index in [9.17, 15) is 0 Å². The molecule has 0 atom stereocenters. The summed E-state index contributed by atoms with van der Waals surface area (Å²) in [6, 6.07) is 1.90. The molecule has 0 radical (unpaired) electrons. The zero-order valence-corrected chi connectivity index (χ0v) is 6.68. The van der Waals surface area contributed by atoms with Crippen molar-refractivity contribution in [2.75, 3.05) is 0 Å². The summed E-state index contributed by atoms with van der Waals surface area (Å²) in [5, 5.41) is 0. The second-order valence-electron chi connectivity index (χ2n) is 2.49. The topological polar surface area (TPSA) is 43.6 Å². The van der Waals surface area contributed by atoms with Gasteiger partial charge in [0.25, 0.3) is 0 Å². The van der Waals surface area contributed by atoms with Crippen LogP contribution in [0.25, 0.3) is 5.82 Å².